The van der Waals surface area contributed by atoms with Gasteiger partial charge in [0.25, 0.3) is 0 Å². The summed E-state index contributed by atoms with van der Waals surface area (Å²) in [6.45, 7) is 1.91. The van der Waals surface area contributed by atoms with Gasteiger partial charge in [-0.1, -0.05) is 18.2 Å². The molecule has 2 heterocycles. The molecule has 3 rings (SSSR count). The molecular weight excluding hydrogens is 221 g/mol. The van der Waals surface area contributed by atoms with E-state index >= 15 is 0 Å². The smallest absolute Gasteiger partial charge is 0.145 e. The van der Waals surface area contributed by atoms with E-state index in [1.807, 2.05) is 12.1 Å². The summed E-state index contributed by atoms with van der Waals surface area (Å²) in [6.07, 6.45) is 1.63. The Hall–Kier alpha value is -0.970. The number of halogens is 1. The van der Waals surface area contributed by atoms with Crippen molar-refractivity contribution in [2.45, 2.75) is 24.6 Å². The summed E-state index contributed by atoms with van der Waals surface area (Å²) in [5.74, 6) is -0.152. The van der Waals surface area contributed by atoms with Gasteiger partial charge in [0, 0.05) is 18.0 Å². The van der Waals surface area contributed by atoms with E-state index in [1.54, 1.807) is 6.07 Å². The third-order valence-electron chi connectivity index (χ3n) is 3.49. The van der Waals surface area contributed by atoms with E-state index in [0.29, 0.717) is 19.8 Å². The summed E-state index contributed by atoms with van der Waals surface area (Å²) < 4.78 is 24.9. The second kappa shape index (κ2) is 4.37. The van der Waals surface area contributed by atoms with E-state index in [0.717, 1.165) is 18.4 Å². The minimum atomic E-state index is -0.398. The van der Waals surface area contributed by atoms with E-state index in [9.17, 15) is 4.39 Å². The van der Waals surface area contributed by atoms with Gasteiger partial charge >= 0.3 is 0 Å². The summed E-state index contributed by atoms with van der Waals surface area (Å²) >= 11 is 0. The van der Waals surface area contributed by atoms with Crippen LogP contribution in [0.3, 0.4) is 0 Å². The van der Waals surface area contributed by atoms with Crippen molar-refractivity contribution in [3.63, 3.8) is 0 Å². The molecule has 1 N–H and O–H groups in total. The Morgan fingerprint density at radius 3 is 2.94 bits per heavy atom. The predicted octanol–water partition coefficient (Wildman–Crippen LogP) is 1.99. The molecule has 3 nitrogen and oxygen atoms in total. The van der Waals surface area contributed by atoms with E-state index in [2.05, 4.69) is 5.32 Å². The fraction of sp³-hybridized carbons (Fsp3) is 0.538. The molecule has 1 aromatic carbocycles. The average Bonchev–Trinajstić information content (AvgIpc) is 2.78. The standard InChI is InChI=1S/C13H16FNO2/c14-11-4-2-1-3-10(11)12-5-7-17-13(15-12)6-8-16-9-13/h1-4,12,15H,5-9H2. The molecule has 0 saturated carbocycles. The maximum absolute atomic E-state index is 13.7. The van der Waals surface area contributed by atoms with Crippen LogP contribution < -0.4 is 5.32 Å². The minimum Gasteiger partial charge on any atom is -0.377 e. The summed E-state index contributed by atoms with van der Waals surface area (Å²) in [5.41, 5.74) is 0.327. The summed E-state index contributed by atoms with van der Waals surface area (Å²) in [6, 6.07) is 6.94. The Balaban J connectivity index is 1.82. The van der Waals surface area contributed by atoms with Crippen LogP contribution >= 0.6 is 0 Å². The summed E-state index contributed by atoms with van der Waals surface area (Å²) in [5, 5.41) is 3.40. The highest BCUT2D eigenvalue weighted by molar-refractivity contribution is 5.22. The first-order valence-electron chi connectivity index (χ1n) is 6.03. The normalized spacial score (nSPS) is 33.1. The Bertz CT molecular complexity index is 404. The van der Waals surface area contributed by atoms with E-state index < -0.39 is 5.72 Å². The molecule has 2 unspecified atom stereocenters. The van der Waals surface area contributed by atoms with Crippen LogP contribution in [0.1, 0.15) is 24.4 Å². The first-order chi connectivity index (χ1) is 8.29. The van der Waals surface area contributed by atoms with Crippen molar-refractivity contribution >= 4 is 0 Å². The Morgan fingerprint density at radius 1 is 1.29 bits per heavy atom. The first-order valence-corrected chi connectivity index (χ1v) is 6.03. The van der Waals surface area contributed by atoms with E-state index in [-0.39, 0.29) is 11.9 Å². The molecule has 0 radical (unpaired) electrons. The molecule has 2 atom stereocenters. The molecule has 2 fully saturated rings. The second-order valence-corrected chi connectivity index (χ2v) is 4.65. The lowest BCUT2D eigenvalue weighted by Crippen LogP contribution is -2.53. The quantitative estimate of drug-likeness (QED) is 0.810. The molecule has 2 saturated heterocycles. The fourth-order valence-electron chi connectivity index (χ4n) is 2.57. The lowest BCUT2D eigenvalue weighted by Gasteiger charge is -2.38. The monoisotopic (exact) mass is 237 g/mol. The van der Waals surface area contributed by atoms with Crippen LogP contribution in [0.2, 0.25) is 0 Å². The molecule has 0 bridgehead atoms. The summed E-state index contributed by atoms with van der Waals surface area (Å²) in [4.78, 5) is 0. The van der Waals surface area contributed by atoms with Crippen molar-refractivity contribution in [3.05, 3.63) is 35.6 Å². The molecule has 0 amide bonds. The highest BCUT2D eigenvalue weighted by Crippen LogP contribution is 2.32. The van der Waals surface area contributed by atoms with E-state index in [1.165, 1.54) is 6.07 Å². The van der Waals surface area contributed by atoms with Gasteiger partial charge in [0.2, 0.25) is 0 Å². The second-order valence-electron chi connectivity index (χ2n) is 4.65. The molecule has 4 heteroatoms. The van der Waals surface area contributed by atoms with Gasteiger partial charge in [-0.15, -0.1) is 0 Å². The van der Waals surface area contributed by atoms with Crippen LogP contribution in [0, 0.1) is 5.82 Å². The third-order valence-corrected chi connectivity index (χ3v) is 3.49. The number of hydrogen-bond donors (Lipinski definition) is 1. The van der Waals surface area contributed by atoms with Crippen LogP contribution in [-0.4, -0.2) is 25.5 Å². The molecular formula is C13H16FNO2. The van der Waals surface area contributed by atoms with Crippen molar-refractivity contribution in [3.8, 4) is 0 Å². The number of hydrogen-bond acceptors (Lipinski definition) is 3. The molecule has 1 spiro atoms. The van der Waals surface area contributed by atoms with Gasteiger partial charge in [-0.05, 0) is 12.5 Å². The Morgan fingerprint density at radius 2 is 2.18 bits per heavy atom. The van der Waals surface area contributed by atoms with Crippen molar-refractivity contribution in [1.29, 1.82) is 0 Å². The zero-order valence-corrected chi connectivity index (χ0v) is 9.62. The van der Waals surface area contributed by atoms with Gasteiger partial charge in [-0.25, -0.2) is 4.39 Å². The molecule has 0 aliphatic carbocycles. The third kappa shape index (κ3) is 2.08. The topological polar surface area (TPSA) is 30.5 Å². The highest BCUT2D eigenvalue weighted by atomic mass is 19.1. The maximum atomic E-state index is 13.7. The van der Waals surface area contributed by atoms with Crippen molar-refractivity contribution in [1.82, 2.24) is 5.32 Å². The zero-order chi connectivity index (χ0) is 11.7. The van der Waals surface area contributed by atoms with Crippen LogP contribution in [0.15, 0.2) is 24.3 Å². The molecule has 2 aliphatic heterocycles. The Kier molecular flexibility index (Phi) is 2.86. The molecule has 0 aromatic heterocycles. The van der Waals surface area contributed by atoms with Crippen LogP contribution in [0.25, 0.3) is 0 Å². The van der Waals surface area contributed by atoms with Gasteiger partial charge in [0.15, 0.2) is 0 Å². The van der Waals surface area contributed by atoms with Gasteiger partial charge in [-0.2, -0.15) is 0 Å². The van der Waals surface area contributed by atoms with E-state index in [4.69, 9.17) is 9.47 Å². The molecule has 2 aliphatic rings. The van der Waals surface area contributed by atoms with Crippen LogP contribution in [0.5, 0.6) is 0 Å². The van der Waals surface area contributed by atoms with Crippen molar-refractivity contribution in [2.75, 3.05) is 19.8 Å². The number of benzene rings is 1. The fourth-order valence-corrected chi connectivity index (χ4v) is 2.57. The number of rotatable bonds is 1. The van der Waals surface area contributed by atoms with Gasteiger partial charge in [-0.3, -0.25) is 5.32 Å². The average molecular weight is 237 g/mol. The zero-order valence-electron chi connectivity index (χ0n) is 9.62. The van der Waals surface area contributed by atoms with Crippen molar-refractivity contribution in [2.24, 2.45) is 0 Å². The maximum Gasteiger partial charge on any atom is 0.145 e. The predicted molar refractivity (Wildman–Crippen MR) is 61.0 cm³/mol. The minimum absolute atomic E-state index is 0.0200. The van der Waals surface area contributed by atoms with Crippen molar-refractivity contribution < 1.29 is 13.9 Å². The van der Waals surface area contributed by atoms with Gasteiger partial charge in [0.1, 0.15) is 11.5 Å². The van der Waals surface area contributed by atoms with Crippen LogP contribution in [0.4, 0.5) is 4.39 Å². The number of nitrogens with one attached hydrogen (secondary N) is 1. The van der Waals surface area contributed by atoms with Crippen LogP contribution in [-0.2, 0) is 9.47 Å². The largest absolute Gasteiger partial charge is 0.377 e. The van der Waals surface area contributed by atoms with Gasteiger partial charge in [0.05, 0.1) is 19.8 Å². The highest BCUT2D eigenvalue weighted by Gasteiger charge is 2.41. The first kappa shape index (κ1) is 11.1. The number of ether oxygens (including phenoxy) is 2. The SMILES string of the molecule is Fc1ccccc1C1CCOC2(CCOC2)N1. The Labute approximate surface area is 99.9 Å². The molecule has 1 aromatic rings. The van der Waals surface area contributed by atoms with Gasteiger partial charge < -0.3 is 9.47 Å². The molecule has 17 heavy (non-hydrogen) atoms. The lowest BCUT2D eigenvalue weighted by molar-refractivity contribution is -0.111. The summed E-state index contributed by atoms with van der Waals surface area (Å²) in [7, 11) is 0. The lowest BCUT2D eigenvalue weighted by atomic mass is 9.99. The molecule has 92 valence electrons.